The van der Waals surface area contributed by atoms with Crippen molar-refractivity contribution in [2.75, 3.05) is 26.2 Å². The van der Waals surface area contributed by atoms with Crippen molar-refractivity contribution in [1.82, 2.24) is 15.1 Å². The molecule has 2 heterocycles. The van der Waals surface area contributed by atoms with Gasteiger partial charge in [0.2, 0.25) is 5.91 Å². The summed E-state index contributed by atoms with van der Waals surface area (Å²) in [4.78, 5) is 42.7. The van der Waals surface area contributed by atoms with Gasteiger partial charge < -0.3 is 15.1 Å². The third kappa shape index (κ3) is 5.63. The van der Waals surface area contributed by atoms with Crippen LogP contribution in [0, 0.1) is 5.82 Å². The lowest BCUT2D eigenvalue weighted by Crippen LogP contribution is -2.56. The van der Waals surface area contributed by atoms with E-state index in [0.29, 0.717) is 37.5 Å². The summed E-state index contributed by atoms with van der Waals surface area (Å²) in [5, 5.41) is 4.75. The number of nitrogens with one attached hydrogen (secondary N) is 1. The topological polar surface area (TPSA) is 69.7 Å². The molecule has 0 bridgehead atoms. The fourth-order valence-corrected chi connectivity index (χ4v) is 4.75. The number of carbonyl (C=O) groups is 3. The molecule has 34 heavy (non-hydrogen) atoms. The number of rotatable bonds is 6. The minimum absolute atomic E-state index is 0.0581. The molecule has 3 aromatic rings. The number of halogens is 2. The van der Waals surface area contributed by atoms with Gasteiger partial charge in [-0.2, -0.15) is 0 Å². The minimum atomic E-state index is -0.731. The van der Waals surface area contributed by atoms with Crippen molar-refractivity contribution in [2.45, 2.75) is 12.5 Å². The molecule has 1 aliphatic heterocycles. The number of hydrogen-bond donors (Lipinski definition) is 1. The lowest BCUT2D eigenvalue weighted by Gasteiger charge is -2.36. The average Bonchev–Trinajstić information content (AvgIpc) is 3.39. The van der Waals surface area contributed by atoms with Crippen LogP contribution in [0.25, 0.3) is 0 Å². The molecule has 1 N–H and O–H groups in total. The van der Waals surface area contributed by atoms with E-state index in [2.05, 4.69) is 5.32 Å². The Labute approximate surface area is 205 Å². The molecule has 1 fully saturated rings. The van der Waals surface area contributed by atoms with Crippen LogP contribution in [0.3, 0.4) is 0 Å². The van der Waals surface area contributed by atoms with Crippen LogP contribution < -0.4 is 5.32 Å². The standard InChI is InChI=1S/C25H23ClFN3O3S/c26-20-16-18(27)8-9-19(20)24(32)29-10-12-30(13-11-29)25(33)21(15-17-5-2-1-3-6-17)28-23(31)22-7-4-14-34-22/h1-9,14,16,21H,10-13,15H2,(H,28,31). The smallest absolute Gasteiger partial charge is 0.262 e. The molecule has 1 atom stereocenters. The second kappa shape index (κ2) is 10.8. The second-order valence-corrected chi connectivity index (χ2v) is 9.29. The second-order valence-electron chi connectivity index (χ2n) is 7.93. The molecule has 1 saturated heterocycles. The van der Waals surface area contributed by atoms with Gasteiger partial charge in [0.1, 0.15) is 11.9 Å². The zero-order chi connectivity index (χ0) is 24.1. The van der Waals surface area contributed by atoms with E-state index in [1.807, 2.05) is 35.7 Å². The van der Waals surface area contributed by atoms with Crippen LogP contribution in [-0.2, 0) is 11.2 Å². The summed E-state index contributed by atoms with van der Waals surface area (Å²) < 4.78 is 13.3. The highest BCUT2D eigenvalue weighted by Crippen LogP contribution is 2.20. The van der Waals surface area contributed by atoms with Crippen LogP contribution >= 0.6 is 22.9 Å². The van der Waals surface area contributed by atoms with Crippen LogP contribution in [0.2, 0.25) is 5.02 Å². The minimum Gasteiger partial charge on any atom is -0.339 e. The summed E-state index contributed by atoms with van der Waals surface area (Å²) in [5.41, 5.74) is 1.17. The van der Waals surface area contributed by atoms with E-state index < -0.39 is 11.9 Å². The highest BCUT2D eigenvalue weighted by atomic mass is 35.5. The third-order valence-electron chi connectivity index (χ3n) is 5.67. The fourth-order valence-electron chi connectivity index (χ4n) is 3.87. The summed E-state index contributed by atoms with van der Waals surface area (Å²) >= 11 is 7.36. The fraction of sp³-hybridized carbons (Fsp3) is 0.240. The Balaban J connectivity index is 1.43. The molecule has 3 amide bonds. The van der Waals surface area contributed by atoms with Crippen molar-refractivity contribution in [1.29, 1.82) is 0 Å². The molecular weight excluding hydrogens is 477 g/mol. The number of thiophene rings is 1. The average molecular weight is 500 g/mol. The highest BCUT2D eigenvalue weighted by molar-refractivity contribution is 7.12. The maximum atomic E-state index is 13.4. The van der Waals surface area contributed by atoms with Gasteiger partial charge in [0.25, 0.3) is 11.8 Å². The first-order chi connectivity index (χ1) is 16.4. The van der Waals surface area contributed by atoms with Gasteiger partial charge in [0, 0.05) is 32.6 Å². The van der Waals surface area contributed by atoms with Crippen molar-refractivity contribution in [3.8, 4) is 0 Å². The van der Waals surface area contributed by atoms with Gasteiger partial charge in [0.05, 0.1) is 15.5 Å². The van der Waals surface area contributed by atoms with Gasteiger partial charge in [0.15, 0.2) is 0 Å². The van der Waals surface area contributed by atoms with E-state index in [9.17, 15) is 18.8 Å². The van der Waals surface area contributed by atoms with E-state index in [0.717, 1.165) is 11.6 Å². The molecule has 4 rings (SSSR count). The number of amides is 3. The SMILES string of the molecule is O=C(NC(Cc1ccccc1)C(=O)N1CCN(C(=O)c2ccc(F)cc2Cl)CC1)c1cccs1. The predicted octanol–water partition coefficient (Wildman–Crippen LogP) is 3.87. The van der Waals surface area contributed by atoms with Crippen LogP contribution in [0.5, 0.6) is 0 Å². The van der Waals surface area contributed by atoms with Crippen molar-refractivity contribution in [3.05, 3.63) is 92.9 Å². The molecule has 0 spiro atoms. The first-order valence-electron chi connectivity index (χ1n) is 10.8. The van der Waals surface area contributed by atoms with E-state index in [-0.39, 0.29) is 28.3 Å². The molecular formula is C25H23ClFN3O3S. The third-order valence-corrected chi connectivity index (χ3v) is 6.85. The Hall–Kier alpha value is -3.23. The quantitative estimate of drug-likeness (QED) is 0.560. The molecule has 176 valence electrons. The van der Waals surface area contributed by atoms with Gasteiger partial charge in [-0.05, 0) is 35.2 Å². The van der Waals surface area contributed by atoms with E-state index >= 15 is 0 Å². The number of hydrogen-bond acceptors (Lipinski definition) is 4. The van der Waals surface area contributed by atoms with Crippen LogP contribution in [0.4, 0.5) is 4.39 Å². The molecule has 1 aromatic heterocycles. The zero-order valence-corrected chi connectivity index (χ0v) is 19.8. The maximum Gasteiger partial charge on any atom is 0.262 e. The van der Waals surface area contributed by atoms with Gasteiger partial charge >= 0.3 is 0 Å². The van der Waals surface area contributed by atoms with Gasteiger partial charge in [-0.3, -0.25) is 14.4 Å². The monoisotopic (exact) mass is 499 g/mol. The maximum absolute atomic E-state index is 13.4. The summed E-state index contributed by atoms with van der Waals surface area (Å²) in [6, 6.07) is 16.0. The summed E-state index contributed by atoms with van der Waals surface area (Å²) in [6.07, 6.45) is 0.362. The molecule has 0 radical (unpaired) electrons. The van der Waals surface area contributed by atoms with Gasteiger partial charge in [-0.1, -0.05) is 48.0 Å². The Morgan fingerprint density at radius 2 is 1.68 bits per heavy atom. The molecule has 6 nitrogen and oxygen atoms in total. The first-order valence-corrected chi connectivity index (χ1v) is 12.1. The number of piperazine rings is 1. The Morgan fingerprint density at radius 3 is 2.32 bits per heavy atom. The lowest BCUT2D eigenvalue weighted by molar-refractivity contribution is -0.134. The van der Waals surface area contributed by atoms with Crippen molar-refractivity contribution in [3.63, 3.8) is 0 Å². The highest BCUT2D eigenvalue weighted by Gasteiger charge is 2.31. The Bertz CT molecular complexity index is 1170. The number of benzene rings is 2. The van der Waals surface area contributed by atoms with Crippen LogP contribution in [0.1, 0.15) is 25.6 Å². The summed E-state index contributed by atoms with van der Waals surface area (Å²) in [5.74, 6) is -1.29. The summed E-state index contributed by atoms with van der Waals surface area (Å²) in [6.45, 7) is 1.28. The molecule has 1 aliphatic rings. The van der Waals surface area contributed by atoms with Gasteiger partial charge in [-0.15, -0.1) is 11.3 Å². The Morgan fingerprint density at radius 1 is 0.971 bits per heavy atom. The lowest BCUT2D eigenvalue weighted by atomic mass is 10.0. The largest absolute Gasteiger partial charge is 0.339 e. The molecule has 0 aliphatic carbocycles. The number of carbonyl (C=O) groups excluding carboxylic acids is 3. The summed E-state index contributed by atoms with van der Waals surface area (Å²) in [7, 11) is 0. The molecule has 2 aromatic carbocycles. The molecule has 1 unspecified atom stereocenters. The number of nitrogens with zero attached hydrogens (tertiary/aromatic N) is 2. The molecule has 0 saturated carbocycles. The predicted molar refractivity (Wildman–Crippen MR) is 130 cm³/mol. The Kier molecular flexibility index (Phi) is 7.59. The van der Waals surface area contributed by atoms with Gasteiger partial charge in [-0.25, -0.2) is 4.39 Å². The van der Waals surface area contributed by atoms with Crippen LogP contribution in [-0.4, -0.2) is 59.7 Å². The normalized spacial score (nSPS) is 14.5. The first kappa shape index (κ1) is 23.9. The van der Waals surface area contributed by atoms with Crippen molar-refractivity contribution < 1.29 is 18.8 Å². The van der Waals surface area contributed by atoms with Crippen molar-refractivity contribution in [2.24, 2.45) is 0 Å². The zero-order valence-electron chi connectivity index (χ0n) is 18.2. The van der Waals surface area contributed by atoms with Crippen molar-refractivity contribution >= 4 is 40.7 Å². The van der Waals surface area contributed by atoms with E-state index in [1.54, 1.807) is 21.9 Å². The van der Waals surface area contributed by atoms with E-state index in [1.165, 1.54) is 23.5 Å². The van der Waals surface area contributed by atoms with E-state index in [4.69, 9.17) is 11.6 Å². The molecule has 9 heteroatoms. The van der Waals surface area contributed by atoms with Crippen LogP contribution in [0.15, 0.2) is 66.0 Å².